The molecule has 57 heavy (non-hydrogen) atoms. The number of furan rings is 1. The van der Waals surface area contributed by atoms with Crippen LogP contribution in [0.5, 0.6) is 0 Å². The van der Waals surface area contributed by atoms with E-state index in [-0.39, 0.29) is 0 Å². The number of hydrogen-bond donors (Lipinski definition) is 0. The maximum absolute atomic E-state index is 6.45. The van der Waals surface area contributed by atoms with E-state index in [1.54, 1.807) is 0 Å². The quantitative estimate of drug-likeness (QED) is 0.164. The molecule has 11 aromatic rings. The lowest BCUT2D eigenvalue weighted by molar-refractivity contribution is 0.620. The summed E-state index contributed by atoms with van der Waals surface area (Å²) in [7, 11) is 0. The summed E-state index contributed by atoms with van der Waals surface area (Å²) >= 11 is 0. The van der Waals surface area contributed by atoms with E-state index in [2.05, 4.69) is 169 Å². The van der Waals surface area contributed by atoms with Crippen molar-refractivity contribution in [1.82, 2.24) is 4.98 Å². The van der Waals surface area contributed by atoms with Gasteiger partial charge in [0.05, 0.1) is 5.69 Å². The monoisotopic (exact) mass is 730 g/mol. The highest BCUT2D eigenvalue weighted by atomic mass is 16.4. The second-order valence-corrected chi connectivity index (χ2v) is 14.4. The molecule has 0 aliphatic rings. The van der Waals surface area contributed by atoms with Crippen LogP contribution in [-0.2, 0) is 0 Å². The zero-order valence-corrected chi connectivity index (χ0v) is 30.8. The molecule has 0 saturated carbocycles. The third-order valence-electron chi connectivity index (χ3n) is 10.9. The minimum atomic E-state index is 0.605. The molecule has 0 saturated heterocycles. The van der Waals surface area contributed by atoms with E-state index in [4.69, 9.17) is 13.8 Å². The molecule has 0 spiro atoms. The van der Waals surface area contributed by atoms with Gasteiger partial charge >= 0.3 is 0 Å². The van der Waals surface area contributed by atoms with Crippen LogP contribution in [0, 0.1) is 0 Å². The molecule has 2 aromatic heterocycles. The largest absolute Gasteiger partial charge is 0.456 e. The van der Waals surface area contributed by atoms with E-state index in [9.17, 15) is 0 Å². The van der Waals surface area contributed by atoms with Crippen LogP contribution in [0.25, 0.3) is 88.6 Å². The van der Waals surface area contributed by atoms with Gasteiger partial charge in [0.15, 0.2) is 5.58 Å². The Hall–Kier alpha value is -7.69. The van der Waals surface area contributed by atoms with E-state index in [1.807, 2.05) is 42.5 Å². The zero-order chi connectivity index (χ0) is 37.7. The third-order valence-corrected chi connectivity index (χ3v) is 10.9. The first-order valence-electron chi connectivity index (χ1n) is 19.2. The second-order valence-electron chi connectivity index (χ2n) is 14.4. The van der Waals surface area contributed by atoms with E-state index in [0.717, 1.165) is 66.8 Å². The number of benzene rings is 9. The van der Waals surface area contributed by atoms with Gasteiger partial charge < -0.3 is 13.7 Å². The molecule has 2 heterocycles. The molecule has 4 nitrogen and oxygen atoms in total. The molecule has 9 aromatic carbocycles. The maximum Gasteiger partial charge on any atom is 0.227 e. The molecule has 0 radical (unpaired) electrons. The molecular weight excluding hydrogens is 697 g/mol. The number of anilines is 3. The molecular formula is C53H34N2O2. The Kier molecular flexibility index (Phi) is 7.78. The number of hydrogen-bond acceptors (Lipinski definition) is 4. The fourth-order valence-electron chi connectivity index (χ4n) is 8.09. The van der Waals surface area contributed by atoms with Gasteiger partial charge in [0.2, 0.25) is 5.89 Å². The lowest BCUT2D eigenvalue weighted by atomic mass is 9.96. The van der Waals surface area contributed by atoms with E-state index in [0.29, 0.717) is 5.89 Å². The molecule has 0 fully saturated rings. The van der Waals surface area contributed by atoms with Gasteiger partial charge in [-0.15, -0.1) is 0 Å². The molecule has 0 atom stereocenters. The fraction of sp³-hybridized carbons (Fsp3) is 0. The Bertz CT molecular complexity index is 3200. The average molecular weight is 731 g/mol. The Morgan fingerprint density at radius 1 is 0.333 bits per heavy atom. The van der Waals surface area contributed by atoms with Crippen molar-refractivity contribution in [2.45, 2.75) is 0 Å². The van der Waals surface area contributed by atoms with E-state index in [1.165, 1.54) is 33.0 Å². The summed E-state index contributed by atoms with van der Waals surface area (Å²) in [4.78, 5) is 7.12. The lowest BCUT2D eigenvalue weighted by Crippen LogP contribution is -2.10. The van der Waals surface area contributed by atoms with Crippen molar-refractivity contribution < 1.29 is 8.83 Å². The first-order valence-corrected chi connectivity index (χ1v) is 19.2. The smallest absolute Gasteiger partial charge is 0.227 e. The highest BCUT2D eigenvalue weighted by Gasteiger charge is 2.19. The molecule has 0 aliphatic carbocycles. The van der Waals surface area contributed by atoms with Crippen molar-refractivity contribution in [2.75, 3.05) is 4.90 Å². The highest BCUT2D eigenvalue weighted by molar-refractivity contribution is 6.10. The SMILES string of the molecule is c1ccc(-c2ccc(N(c3ccc(-c4ccc5c(c4)oc4cc6nc(-c7ccccc7)oc6cc45)cc3)c3ccc(-c4ccccc4)c4ccccc34)cc2)cc1. The lowest BCUT2D eigenvalue weighted by Gasteiger charge is -2.28. The summed E-state index contributed by atoms with van der Waals surface area (Å²) in [5.74, 6) is 0.605. The fourth-order valence-corrected chi connectivity index (χ4v) is 8.09. The van der Waals surface area contributed by atoms with Gasteiger partial charge in [-0.25, -0.2) is 4.98 Å². The average Bonchev–Trinajstić information content (AvgIpc) is 3.87. The summed E-state index contributed by atoms with van der Waals surface area (Å²) in [5.41, 5.74) is 14.3. The van der Waals surface area contributed by atoms with Gasteiger partial charge in [-0.05, 0) is 99.4 Å². The van der Waals surface area contributed by atoms with Gasteiger partial charge in [0, 0.05) is 39.2 Å². The number of fused-ring (bicyclic) bond motifs is 5. The molecule has 268 valence electrons. The van der Waals surface area contributed by atoms with Gasteiger partial charge in [-0.2, -0.15) is 0 Å². The standard InChI is InChI=1S/C53H34N2O2/c1-4-12-35(13-5-1)36-20-25-41(26-21-36)55(49-31-30-43(38-14-6-2-7-15-38)44-18-10-11-19-45(44)49)42-27-22-37(23-28-42)40-24-29-46-47-33-52-48(34-51(47)56-50(46)32-40)54-53(57-52)39-16-8-3-9-17-39/h1-34H. The van der Waals surface area contributed by atoms with Crippen LogP contribution in [0.3, 0.4) is 0 Å². The van der Waals surface area contributed by atoms with Crippen molar-refractivity contribution in [1.29, 1.82) is 0 Å². The molecule has 0 aliphatic heterocycles. The van der Waals surface area contributed by atoms with Crippen LogP contribution in [0.2, 0.25) is 0 Å². The summed E-state index contributed by atoms with van der Waals surface area (Å²) in [6.45, 7) is 0. The summed E-state index contributed by atoms with van der Waals surface area (Å²) in [6.07, 6.45) is 0. The number of aromatic nitrogens is 1. The van der Waals surface area contributed by atoms with Gasteiger partial charge in [-0.1, -0.05) is 140 Å². The number of oxazole rings is 1. The Balaban J connectivity index is 0.980. The van der Waals surface area contributed by atoms with Crippen LogP contribution in [0.4, 0.5) is 17.1 Å². The van der Waals surface area contributed by atoms with Crippen molar-refractivity contribution in [3.8, 4) is 44.8 Å². The van der Waals surface area contributed by atoms with Gasteiger partial charge in [0.1, 0.15) is 16.7 Å². The number of rotatable bonds is 7. The summed E-state index contributed by atoms with van der Waals surface area (Å²) in [5, 5.41) is 4.45. The van der Waals surface area contributed by atoms with Gasteiger partial charge in [-0.3, -0.25) is 0 Å². The van der Waals surface area contributed by atoms with E-state index < -0.39 is 0 Å². The van der Waals surface area contributed by atoms with Crippen molar-refractivity contribution in [3.63, 3.8) is 0 Å². The van der Waals surface area contributed by atoms with Crippen molar-refractivity contribution in [2.24, 2.45) is 0 Å². The molecule has 11 rings (SSSR count). The molecule has 0 N–H and O–H groups in total. The van der Waals surface area contributed by atoms with Crippen LogP contribution in [0.15, 0.2) is 215 Å². The summed E-state index contributed by atoms with van der Waals surface area (Å²) < 4.78 is 12.6. The maximum atomic E-state index is 6.45. The number of nitrogens with zero attached hydrogens (tertiary/aromatic N) is 2. The Labute approximate surface area is 329 Å². The van der Waals surface area contributed by atoms with Gasteiger partial charge in [0.25, 0.3) is 0 Å². The van der Waals surface area contributed by atoms with E-state index >= 15 is 0 Å². The molecule has 0 amide bonds. The van der Waals surface area contributed by atoms with Crippen LogP contribution in [-0.4, -0.2) is 4.98 Å². The normalized spacial score (nSPS) is 11.5. The predicted octanol–water partition coefficient (Wildman–Crippen LogP) is 15.0. The van der Waals surface area contributed by atoms with Crippen molar-refractivity contribution >= 4 is 60.9 Å². The van der Waals surface area contributed by atoms with Crippen LogP contribution < -0.4 is 4.90 Å². The first-order chi connectivity index (χ1) is 28.2. The second kappa shape index (κ2) is 13.6. The zero-order valence-electron chi connectivity index (χ0n) is 30.8. The van der Waals surface area contributed by atoms with Crippen molar-refractivity contribution in [3.05, 3.63) is 206 Å². The Morgan fingerprint density at radius 3 is 1.56 bits per heavy atom. The minimum Gasteiger partial charge on any atom is -0.456 e. The highest BCUT2D eigenvalue weighted by Crippen LogP contribution is 2.43. The minimum absolute atomic E-state index is 0.605. The predicted molar refractivity (Wildman–Crippen MR) is 235 cm³/mol. The molecule has 4 heteroatoms. The third kappa shape index (κ3) is 5.83. The van der Waals surface area contributed by atoms with Crippen LogP contribution in [0.1, 0.15) is 0 Å². The first kappa shape index (κ1) is 32.7. The molecule has 0 unspecified atom stereocenters. The topological polar surface area (TPSA) is 42.4 Å². The summed E-state index contributed by atoms with van der Waals surface area (Å²) in [6, 6.07) is 72.5. The molecule has 0 bridgehead atoms. The van der Waals surface area contributed by atoms with Crippen LogP contribution >= 0.6 is 0 Å². The Morgan fingerprint density at radius 2 is 0.877 bits per heavy atom.